The fourth-order valence-corrected chi connectivity index (χ4v) is 5.34. The first-order valence-electron chi connectivity index (χ1n) is 11.6. The summed E-state index contributed by atoms with van der Waals surface area (Å²) in [5, 5.41) is 2.31. The van der Waals surface area contributed by atoms with Crippen molar-refractivity contribution in [2.75, 3.05) is 20.2 Å². The number of imide groups is 1. The molecule has 3 aliphatic rings. The highest BCUT2D eigenvalue weighted by atomic mass is 19.1. The second-order valence-corrected chi connectivity index (χ2v) is 9.20. The number of nitrogens with one attached hydrogen (secondary N) is 1. The highest BCUT2D eigenvalue weighted by Gasteiger charge is 2.41. The van der Waals surface area contributed by atoms with Crippen molar-refractivity contribution in [1.29, 1.82) is 0 Å². The van der Waals surface area contributed by atoms with Crippen molar-refractivity contribution >= 4 is 17.7 Å². The van der Waals surface area contributed by atoms with Gasteiger partial charge in [0.25, 0.3) is 5.91 Å². The number of pyridine rings is 1. The summed E-state index contributed by atoms with van der Waals surface area (Å²) in [5.41, 5.74) is 3.09. The van der Waals surface area contributed by atoms with Crippen LogP contribution >= 0.6 is 0 Å². The van der Waals surface area contributed by atoms with Gasteiger partial charge in [0, 0.05) is 31.3 Å². The summed E-state index contributed by atoms with van der Waals surface area (Å²) in [6.45, 7) is 2.72. The molecule has 1 unspecified atom stereocenters. The van der Waals surface area contributed by atoms with Gasteiger partial charge in [0.1, 0.15) is 17.6 Å². The van der Waals surface area contributed by atoms with Gasteiger partial charge in [-0.1, -0.05) is 0 Å². The number of fused-ring (bicyclic) bond motifs is 1. The standard InChI is InChI=1S/C25H27FN4O4/c1-34-18-8-15(11-27-12-18)13-29-6-4-16(5-7-29)19-9-17(26)10-20-21(19)14-30(25(20)33)22-2-3-23(31)28-24(22)32/h8-12,16,22H,2-7,13-14H2,1H3,(H,28,31,32). The number of piperidine rings is 2. The molecule has 3 aliphatic heterocycles. The van der Waals surface area contributed by atoms with Crippen LogP contribution in [0.15, 0.2) is 30.6 Å². The van der Waals surface area contributed by atoms with Crippen molar-refractivity contribution in [2.45, 2.75) is 50.7 Å². The first-order chi connectivity index (χ1) is 16.4. The van der Waals surface area contributed by atoms with Gasteiger partial charge < -0.3 is 9.64 Å². The molecule has 5 rings (SSSR count). The second-order valence-electron chi connectivity index (χ2n) is 9.20. The molecule has 0 saturated carbocycles. The predicted molar refractivity (Wildman–Crippen MR) is 120 cm³/mol. The lowest BCUT2D eigenvalue weighted by atomic mass is 9.85. The minimum Gasteiger partial charge on any atom is -0.495 e. The average molecular weight is 467 g/mol. The van der Waals surface area contributed by atoms with Crippen LogP contribution in [-0.4, -0.2) is 58.7 Å². The third kappa shape index (κ3) is 4.27. The Morgan fingerprint density at radius 2 is 1.91 bits per heavy atom. The number of ether oxygens (including phenoxy) is 1. The minimum absolute atomic E-state index is 0.138. The highest BCUT2D eigenvalue weighted by molar-refractivity contribution is 6.05. The first-order valence-corrected chi connectivity index (χ1v) is 11.6. The molecule has 0 aliphatic carbocycles. The van der Waals surface area contributed by atoms with Gasteiger partial charge in [-0.25, -0.2) is 4.39 Å². The summed E-state index contributed by atoms with van der Waals surface area (Å²) in [4.78, 5) is 45.0. The van der Waals surface area contributed by atoms with Crippen LogP contribution in [0.4, 0.5) is 4.39 Å². The van der Waals surface area contributed by atoms with Gasteiger partial charge in [-0.3, -0.25) is 29.6 Å². The molecule has 1 N–H and O–H groups in total. The quantitative estimate of drug-likeness (QED) is 0.681. The number of aromatic nitrogens is 1. The molecule has 1 aromatic carbocycles. The van der Waals surface area contributed by atoms with Crippen molar-refractivity contribution in [3.05, 3.63) is 58.7 Å². The van der Waals surface area contributed by atoms with E-state index in [1.165, 1.54) is 11.0 Å². The Bertz CT molecular complexity index is 1150. The van der Waals surface area contributed by atoms with Crippen molar-refractivity contribution in [3.8, 4) is 5.75 Å². The van der Waals surface area contributed by atoms with Gasteiger partial charge in [-0.05, 0) is 73.2 Å². The first kappa shape index (κ1) is 22.5. The number of hydrogen-bond donors (Lipinski definition) is 1. The number of nitrogens with zero attached hydrogens (tertiary/aromatic N) is 3. The summed E-state index contributed by atoms with van der Waals surface area (Å²) < 4.78 is 19.8. The Hall–Kier alpha value is -3.33. The van der Waals surface area contributed by atoms with Crippen LogP contribution < -0.4 is 10.1 Å². The lowest BCUT2D eigenvalue weighted by Crippen LogP contribution is -2.52. The molecule has 2 fully saturated rings. The highest BCUT2D eigenvalue weighted by Crippen LogP contribution is 2.38. The van der Waals surface area contributed by atoms with Crippen molar-refractivity contribution in [3.63, 3.8) is 0 Å². The lowest BCUT2D eigenvalue weighted by molar-refractivity contribution is -0.136. The molecule has 0 spiro atoms. The van der Waals surface area contributed by atoms with Crippen LogP contribution in [0.2, 0.25) is 0 Å². The van der Waals surface area contributed by atoms with Crippen LogP contribution in [-0.2, 0) is 22.7 Å². The molecule has 3 amide bonds. The van der Waals surface area contributed by atoms with Crippen LogP contribution in [0.25, 0.3) is 0 Å². The Labute approximate surface area is 197 Å². The average Bonchev–Trinajstić information content (AvgIpc) is 3.15. The fourth-order valence-electron chi connectivity index (χ4n) is 5.34. The molecule has 8 nitrogen and oxygen atoms in total. The van der Waals surface area contributed by atoms with E-state index in [0.717, 1.165) is 54.9 Å². The van der Waals surface area contributed by atoms with Crippen LogP contribution in [0, 0.1) is 5.82 Å². The zero-order valence-electron chi connectivity index (χ0n) is 19.1. The van der Waals surface area contributed by atoms with Gasteiger partial charge in [0.05, 0.1) is 13.3 Å². The number of benzene rings is 1. The van der Waals surface area contributed by atoms with E-state index in [2.05, 4.69) is 15.2 Å². The SMILES string of the molecule is COc1cncc(CN2CCC(c3cc(F)cc4c3CN(C3CCC(=O)NC3=O)C4=O)CC2)c1. The van der Waals surface area contributed by atoms with E-state index in [1.54, 1.807) is 19.4 Å². The molecule has 4 heterocycles. The minimum atomic E-state index is -0.702. The van der Waals surface area contributed by atoms with Gasteiger partial charge >= 0.3 is 0 Å². The third-order valence-electron chi connectivity index (χ3n) is 7.09. The Kier molecular flexibility index (Phi) is 6.03. The summed E-state index contributed by atoms with van der Waals surface area (Å²) >= 11 is 0. The maximum absolute atomic E-state index is 14.6. The molecule has 0 bridgehead atoms. The van der Waals surface area contributed by atoms with Crippen LogP contribution in [0.1, 0.15) is 58.6 Å². The lowest BCUT2D eigenvalue weighted by Gasteiger charge is -2.33. The number of rotatable bonds is 5. The number of hydrogen-bond acceptors (Lipinski definition) is 6. The summed E-state index contributed by atoms with van der Waals surface area (Å²) in [6.07, 6.45) is 5.70. The van der Waals surface area contributed by atoms with E-state index in [4.69, 9.17) is 4.74 Å². The third-order valence-corrected chi connectivity index (χ3v) is 7.09. The molecule has 2 aromatic rings. The molecule has 1 atom stereocenters. The van der Waals surface area contributed by atoms with Crippen LogP contribution in [0.3, 0.4) is 0 Å². The van der Waals surface area contributed by atoms with Crippen molar-refractivity contribution in [2.24, 2.45) is 0 Å². The molecule has 1 aromatic heterocycles. The maximum Gasteiger partial charge on any atom is 0.255 e. The van der Waals surface area contributed by atoms with Crippen LogP contribution in [0.5, 0.6) is 5.75 Å². The fraction of sp³-hybridized carbons (Fsp3) is 0.440. The molecule has 2 saturated heterocycles. The largest absolute Gasteiger partial charge is 0.495 e. The zero-order valence-corrected chi connectivity index (χ0v) is 19.1. The Morgan fingerprint density at radius 1 is 1.12 bits per heavy atom. The number of amides is 3. The summed E-state index contributed by atoms with van der Waals surface area (Å²) in [5.74, 6) is -0.690. The normalized spacial score (nSPS) is 21.5. The van der Waals surface area contributed by atoms with Gasteiger partial charge in [0.15, 0.2) is 0 Å². The van der Waals surface area contributed by atoms with E-state index in [-0.39, 0.29) is 30.7 Å². The molecule has 9 heteroatoms. The smallest absolute Gasteiger partial charge is 0.255 e. The van der Waals surface area contributed by atoms with E-state index in [9.17, 15) is 18.8 Å². The maximum atomic E-state index is 14.6. The van der Waals surface area contributed by atoms with Crippen molar-refractivity contribution < 1.29 is 23.5 Å². The molecule has 34 heavy (non-hydrogen) atoms. The second kappa shape index (κ2) is 9.13. The van der Waals surface area contributed by atoms with Gasteiger partial charge in [0.2, 0.25) is 11.8 Å². The monoisotopic (exact) mass is 466 g/mol. The number of carbonyl (C=O) groups excluding carboxylic acids is 3. The molecular weight excluding hydrogens is 439 g/mol. The van der Waals surface area contributed by atoms with Gasteiger partial charge in [-0.2, -0.15) is 0 Å². The Morgan fingerprint density at radius 3 is 2.65 bits per heavy atom. The molecule has 178 valence electrons. The summed E-state index contributed by atoms with van der Waals surface area (Å²) in [7, 11) is 1.62. The van der Waals surface area contributed by atoms with E-state index in [1.807, 2.05) is 12.3 Å². The topological polar surface area (TPSA) is 91.8 Å². The van der Waals surface area contributed by atoms with E-state index >= 15 is 0 Å². The van der Waals surface area contributed by atoms with Gasteiger partial charge in [-0.15, -0.1) is 0 Å². The number of halogens is 1. The summed E-state index contributed by atoms with van der Waals surface area (Å²) in [6, 6.07) is 4.10. The molecular formula is C25H27FN4O4. The molecule has 0 radical (unpaired) electrons. The predicted octanol–water partition coefficient (Wildman–Crippen LogP) is 2.37. The Balaban J connectivity index is 1.30. The zero-order chi connectivity index (χ0) is 23.8. The van der Waals surface area contributed by atoms with Crippen molar-refractivity contribution in [1.82, 2.24) is 20.1 Å². The number of likely N-dealkylation sites (tertiary alicyclic amines) is 1. The number of carbonyl (C=O) groups is 3. The van der Waals surface area contributed by atoms with E-state index in [0.29, 0.717) is 12.0 Å². The number of methoxy groups -OCH3 is 1. The van der Waals surface area contributed by atoms with E-state index < -0.39 is 17.8 Å².